The molecular formula is C16H19N3O3S. The van der Waals surface area contributed by atoms with Crippen LogP contribution >= 0.6 is 11.3 Å². The molecule has 0 aliphatic carbocycles. The number of hydrogen-bond acceptors (Lipinski definition) is 7. The van der Waals surface area contributed by atoms with Crippen LogP contribution in [0, 0.1) is 0 Å². The van der Waals surface area contributed by atoms with E-state index < -0.39 is 0 Å². The molecule has 0 radical (unpaired) electrons. The lowest BCUT2D eigenvalue weighted by molar-refractivity contribution is 0.0398. The highest BCUT2D eigenvalue weighted by atomic mass is 32.1. The third kappa shape index (κ3) is 3.41. The van der Waals surface area contributed by atoms with Gasteiger partial charge < -0.3 is 19.5 Å². The van der Waals surface area contributed by atoms with Crippen LogP contribution in [0.15, 0.2) is 23.6 Å². The summed E-state index contributed by atoms with van der Waals surface area (Å²) in [6, 6.07) is 5.93. The summed E-state index contributed by atoms with van der Waals surface area (Å²) in [5, 5.41) is 6.42. The van der Waals surface area contributed by atoms with Crippen LogP contribution in [0.4, 0.5) is 5.13 Å². The smallest absolute Gasteiger partial charge is 0.231 e. The Morgan fingerprint density at radius 1 is 1.17 bits per heavy atom. The lowest BCUT2D eigenvalue weighted by Crippen LogP contribution is -2.38. The van der Waals surface area contributed by atoms with Crippen molar-refractivity contribution in [3.63, 3.8) is 0 Å². The molecule has 0 amide bonds. The van der Waals surface area contributed by atoms with Crippen molar-refractivity contribution in [3.05, 3.63) is 23.6 Å². The van der Waals surface area contributed by atoms with Crippen molar-refractivity contribution < 1.29 is 14.2 Å². The number of morpholine rings is 1. The maximum atomic E-state index is 5.42. The Morgan fingerprint density at radius 3 is 2.96 bits per heavy atom. The Bertz CT molecular complexity index is 670. The van der Waals surface area contributed by atoms with Crippen molar-refractivity contribution >= 4 is 16.5 Å². The van der Waals surface area contributed by atoms with Gasteiger partial charge in [0.15, 0.2) is 16.6 Å². The zero-order chi connectivity index (χ0) is 15.5. The summed E-state index contributed by atoms with van der Waals surface area (Å²) in [4.78, 5) is 7.06. The highest BCUT2D eigenvalue weighted by molar-refractivity contribution is 7.14. The largest absolute Gasteiger partial charge is 0.454 e. The minimum atomic E-state index is 0.296. The van der Waals surface area contributed by atoms with Gasteiger partial charge in [-0.05, 0) is 18.2 Å². The number of ether oxygens (including phenoxy) is 3. The summed E-state index contributed by atoms with van der Waals surface area (Å²) < 4.78 is 16.1. The first kappa shape index (κ1) is 14.7. The van der Waals surface area contributed by atoms with Gasteiger partial charge in [0.1, 0.15) is 0 Å². The van der Waals surface area contributed by atoms with Crippen molar-refractivity contribution in [2.24, 2.45) is 0 Å². The van der Waals surface area contributed by atoms with Crippen molar-refractivity contribution in [2.45, 2.75) is 0 Å². The average Bonchev–Trinajstić information content (AvgIpc) is 3.24. The van der Waals surface area contributed by atoms with Crippen LogP contribution in [0.3, 0.4) is 0 Å². The second-order valence-corrected chi connectivity index (χ2v) is 6.34. The van der Waals surface area contributed by atoms with Crippen LogP contribution in [-0.2, 0) is 4.74 Å². The molecule has 4 rings (SSSR count). The van der Waals surface area contributed by atoms with E-state index in [1.54, 1.807) is 11.3 Å². The summed E-state index contributed by atoms with van der Waals surface area (Å²) in [7, 11) is 0. The third-order valence-corrected chi connectivity index (χ3v) is 4.78. The average molecular weight is 333 g/mol. The van der Waals surface area contributed by atoms with Gasteiger partial charge >= 0.3 is 0 Å². The van der Waals surface area contributed by atoms with E-state index in [4.69, 9.17) is 14.2 Å². The van der Waals surface area contributed by atoms with Crippen LogP contribution in [0.5, 0.6) is 11.5 Å². The van der Waals surface area contributed by atoms with Gasteiger partial charge in [-0.15, -0.1) is 11.3 Å². The van der Waals surface area contributed by atoms with E-state index >= 15 is 0 Å². The molecule has 1 aromatic heterocycles. The Hall–Kier alpha value is -1.83. The predicted molar refractivity (Wildman–Crippen MR) is 89.4 cm³/mol. The minimum absolute atomic E-state index is 0.296. The minimum Gasteiger partial charge on any atom is -0.454 e. The molecule has 1 aromatic carbocycles. The topological polar surface area (TPSA) is 55.9 Å². The first-order valence-corrected chi connectivity index (χ1v) is 8.66. The molecule has 6 nitrogen and oxygen atoms in total. The van der Waals surface area contributed by atoms with Crippen LogP contribution in [0.1, 0.15) is 0 Å². The molecule has 2 aromatic rings. The van der Waals surface area contributed by atoms with E-state index in [0.717, 1.165) is 67.3 Å². The highest BCUT2D eigenvalue weighted by Gasteiger charge is 2.15. The molecule has 0 atom stereocenters. The molecule has 2 aliphatic rings. The summed E-state index contributed by atoms with van der Waals surface area (Å²) in [6.45, 7) is 5.92. The van der Waals surface area contributed by atoms with Crippen molar-refractivity contribution in [2.75, 3.05) is 51.5 Å². The third-order valence-electron chi connectivity index (χ3n) is 3.98. The number of thiazole rings is 1. The normalized spacial score (nSPS) is 17.4. The van der Waals surface area contributed by atoms with Gasteiger partial charge in [0, 0.05) is 37.1 Å². The zero-order valence-electron chi connectivity index (χ0n) is 12.8. The molecule has 3 heterocycles. The Kier molecular flexibility index (Phi) is 4.32. The number of aromatic nitrogens is 1. The monoisotopic (exact) mass is 333 g/mol. The van der Waals surface area contributed by atoms with Gasteiger partial charge in [0.2, 0.25) is 6.79 Å². The fourth-order valence-corrected chi connectivity index (χ4v) is 3.44. The number of anilines is 1. The first-order valence-electron chi connectivity index (χ1n) is 7.78. The van der Waals surface area contributed by atoms with Crippen LogP contribution < -0.4 is 14.8 Å². The van der Waals surface area contributed by atoms with E-state index in [-0.39, 0.29) is 0 Å². The van der Waals surface area contributed by atoms with Crippen molar-refractivity contribution in [1.82, 2.24) is 9.88 Å². The summed E-state index contributed by atoms with van der Waals surface area (Å²) >= 11 is 1.63. The summed E-state index contributed by atoms with van der Waals surface area (Å²) in [5.41, 5.74) is 2.01. The zero-order valence-corrected chi connectivity index (χ0v) is 13.6. The molecule has 7 heteroatoms. The molecule has 122 valence electrons. The molecule has 1 N–H and O–H groups in total. The lowest BCUT2D eigenvalue weighted by atomic mass is 10.1. The Labute approximate surface area is 139 Å². The molecule has 0 spiro atoms. The van der Waals surface area contributed by atoms with E-state index in [2.05, 4.69) is 20.6 Å². The van der Waals surface area contributed by atoms with Gasteiger partial charge in [-0.25, -0.2) is 4.98 Å². The molecule has 0 unspecified atom stereocenters. The fourth-order valence-electron chi connectivity index (χ4n) is 2.69. The van der Waals surface area contributed by atoms with Crippen molar-refractivity contribution in [1.29, 1.82) is 0 Å². The maximum absolute atomic E-state index is 5.42. The number of hydrogen-bond donors (Lipinski definition) is 1. The van der Waals surface area contributed by atoms with E-state index in [1.165, 1.54) is 0 Å². The van der Waals surface area contributed by atoms with Gasteiger partial charge in [0.05, 0.1) is 18.9 Å². The molecule has 0 bridgehead atoms. The Morgan fingerprint density at radius 2 is 2.04 bits per heavy atom. The highest BCUT2D eigenvalue weighted by Crippen LogP contribution is 2.36. The standard InChI is InChI=1S/C16H19N3O3S/c1-2-14-15(22-11-21-14)9-12(1)13-10-23-16(18-13)17-3-4-19-5-7-20-8-6-19/h1-2,9-10H,3-8,11H2,(H,17,18). The SMILES string of the molecule is c1cc2c(cc1-c1csc(NCCN3CCOCC3)n1)OCO2. The Balaban J connectivity index is 1.35. The maximum Gasteiger partial charge on any atom is 0.231 e. The second-order valence-electron chi connectivity index (χ2n) is 5.49. The van der Waals surface area contributed by atoms with E-state index in [0.29, 0.717) is 6.79 Å². The van der Waals surface area contributed by atoms with Gasteiger partial charge in [0.25, 0.3) is 0 Å². The van der Waals surface area contributed by atoms with E-state index in [1.807, 2.05) is 18.2 Å². The van der Waals surface area contributed by atoms with Gasteiger partial charge in [-0.3, -0.25) is 4.90 Å². The van der Waals surface area contributed by atoms with Crippen molar-refractivity contribution in [3.8, 4) is 22.8 Å². The number of rotatable bonds is 5. The van der Waals surface area contributed by atoms with Gasteiger partial charge in [-0.2, -0.15) is 0 Å². The molecule has 2 aliphatic heterocycles. The van der Waals surface area contributed by atoms with Crippen LogP contribution in [-0.4, -0.2) is 56.1 Å². The van der Waals surface area contributed by atoms with E-state index in [9.17, 15) is 0 Å². The fraction of sp³-hybridized carbons (Fsp3) is 0.438. The summed E-state index contributed by atoms with van der Waals surface area (Å²) in [5.74, 6) is 1.59. The molecular weight excluding hydrogens is 314 g/mol. The first-order chi connectivity index (χ1) is 11.4. The quantitative estimate of drug-likeness (QED) is 0.906. The predicted octanol–water partition coefficient (Wildman–Crippen LogP) is 2.28. The van der Waals surface area contributed by atoms with Crippen LogP contribution in [0.2, 0.25) is 0 Å². The molecule has 23 heavy (non-hydrogen) atoms. The molecule has 1 saturated heterocycles. The second kappa shape index (κ2) is 6.74. The van der Waals surface area contributed by atoms with Crippen LogP contribution in [0.25, 0.3) is 11.3 Å². The number of fused-ring (bicyclic) bond motifs is 1. The molecule has 0 saturated carbocycles. The van der Waals surface area contributed by atoms with Gasteiger partial charge in [-0.1, -0.05) is 0 Å². The number of nitrogens with one attached hydrogen (secondary N) is 1. The lowest BCUT2D eigenvalue weighted by Gasteiger charge is -2.26. The number of benzene rings is 1. The number of nitrogens with zero attached hydrogens (tertiary/aromatic N) is 2. The summed E-state index contributed by atoms with van der Waals surface area (Å²) in [6.07, 6.45) is 0. The molecule has 1 fully saturated rings.